The van der Waals surface area contributed by atoms with E-state index in [2.05, 4.69) is 20.9 Å². The highest BCUT2D eigenvalue weighted by Gasteiger charge is 2.51. The Morgan fingerprint density at radius 1 is 1.02 bits per heavy atom. The van der Waals surface area contributed by atoms with Crippen molar-refractivity contribution < 1.29 is 32.9 Å². The molecule has 2 N–H and O–H groups in total. The molecular formula is C31H36F3N3O4. The third-order valence-electron chi connectivity index (χ3n) is 7.59. The Labute approximate surface area is 238 Å². The summed E-state index contributed by atoms with van der Waals surface area (Å²) in [4.78, 5) is 21.1. The van der Waals surface area contributed by atoms with Gasteiger partial charge in [-0.15, -0.1) is 0 Å². The third-order valence-corrected chi connectivity index (χ3v) is 7.59. The zero-order valence-electron chi connectivity index (χ0n) is 23.3. The molecule has 220 valence electrons. The lowest BCUT2D eigenvalue weighted by atomic mass is 9.92. The van der Waals surface area contributed by atoms with Crippen LogP contribution in [0.5, 0.6) is 0 Å². The molecule has 1 aliphatic rings. The average Bonchev–Trinajstić information content (AvgIpc) is 2.93. The molecule has 0 bridgehead atoms. The molecule has 0 spiro atoms. The Morgan fingerprint density at radius 3 is 2.37 bits per heavy atom. The van der Waals surface area contributed by atoms with Crippen LogP contribution in [-0.2, 0) is 28.2 Å². The molecule has 1 aromatic heterocycles. The second-order valence-corrected chi connectivity index (χ2v) is 10.7. The zero-order chi connectivity index (χ0) is 29.6. The van der Waals surface area contributed by atoms with Gasteiger partial charge in [0.25, 0.3) is 0 Å². The van der Waals surface area contributed by atoms with Crippen molar-refractivity contribution in [2.24, 2.45) is 0 Å². The van der Waals surface area contributed by atoms with Gasteiger partial charge >= 0.3 is 12.1 Å². The van der Waals surface area contributed by atoms with Crippen LogP contribution in [0.1, 0.15) is 35.6 Å². The van der Waals surface area contributed by atoms with Gasteiger partial charge in [0.1, 0.15) is 6.61 Å². The summed E-state index contributed by atoms with van der Waals surface area (Å²) in [6, 6.07) is 15.7. The Kier molecular flexibility index (Phi) is 9.80. The highest BCUT2D eigenvalue weighted by molar-refractivity contribution is 5.70. The Balaban J connectivity index is 1.44. The van der Waals surface area contributed by atoms with Gasteiger partial charge in [-0.05, 0) is 59.4 Å². The number of aryl methyl sites for hydroxylation is 1. The molecular weight excluding hydrogens is 535 g/mol. The summed E-state index contributed by atoms with van der Waals surface area (Å²) in [6.07, 6.45) is -1.04. The van der Waals surface area contributed by atoms with Crippen molar-refractivity contribution in [2.45, 2.75) is 51.2 Å². The van der Waals surface area contributed by atoms with Gasteiger partial charge in [0.05, 0.1) is 13.0 Å². The lowest BCUT2D eigenvalue weighted by Gasteiger charge is -2.41. The van der Waals surface area contributed by atoms with Gasteiger partial charge in [-0.1, -0.05) is 42.5 Å². The number of halogens is 3. The van der Waals surface area contributed by atoms with E-state index in [0.29, 0.717) is 19.6 Å². The fourth-order valence-electron chi connectivity index (χ4n) is 5.18. The first-order valence-corrected chi connectivity index (χ1v) is 13.6. The average molecular weight is 572 g/mol. The minimum absolute atomic E-state index is 0.0182. The van der Waals surface area contributed by atoms with Crippen molar-refractivity contribution in [1.29, 1.82) is 0 Å². The molecule has 0 amide bonds. The zero-order valence-corrected chi connectivity index (χ0v) is 23.3. The predicted octanol–water partition coefficient (Wildman–Crippen LogP) is 4.44. The summed E-state index contributed by atoms with van der Waals surface area (Å²) >= 11 is 0. The van der Waals surface area contributed by atoms with Gasteiger partial charge in [-0.3, -0.25) is 19.6 Å². The largest absolute Gasteiger partial charge is 0.463 e. The molecule has 1 fully saturated rings. The van der Waals surface area contributed by atoms with Crippen LogP contribution in [0.3, 0.4) is 0 Å². The maximum atomic E-state index is 13.2. The fourth-order valence-corrected chi connectivity index (χ4v) is 5.18. The number of benzene rings is 2. The van der Waals surface area contributed by atoms with E-state index in [0.717, 1.165) is 47.8 Å². The van der Waals surface area contributed by atoms with Crippen LogP contribution in [0.2, 0.25) is 0 Å². The van der Waals surface area contributed by atoms with Crippen molar-refractivity contribution in [2.75, 3.05) is 32.8 Å². The monoisotopic (exact) mass is 571 g/mol. The molecule has 7 nitrogen and oxygen atoms in total. The lowest BCUT2D eigenvalue weighted by Crippen LogP contribution is -2.53. The molecule has 41 heavy (non-hydrogen) atoms. The standard InChI is InChI=1S/C31H36F3N3O4/c1-22-17-24(3-8-28(22)25-4-6-26(7-5-25)30(2,40)31(32,33)34)19-36-13-14-37(20-23-9-11-35-12-10-23)27(21-36)18-29(39)41-16-15-38/h3-12,17,27,38,40H,13-16,18-21H2,1-2H3/t27-,30?/m1/s1. The van der Waals surface area contributed by atoms with E-state index >= 15 is 0 Å². The first-order chi connectivity index (χ1) is 19.5. The molecule has 1 saturated heterocycles. The molecule has 0 saturated carbocycles. The van der Waals surface area contributed by atoms with Gasteiger partial charge in [0.2, 0.25) is 0 Å². The first-order valence-electron chi connectivity index (χ1n) is 13.6. The number of hydrogen-bond donors (Lipinski definition) is 2. The highest BCUT2D eigenvalue weighted by Crippen LogP contribution is 2.39. The summed E-state index contributed by atoms with van der Waals surface area (Å²) < 4.78 is 44.8. The third kappa shape index (κ3) is 7.71. The van der Waals surface area contributed by atoms with E-state index < -0.39 is 11.8 Å². The van der Waals surface area contributed by atoms with Crippen molar-refractivity contribution in [3.8, 4) is 11.1 Å². The number of carbonyl (C=O) groups excluding carboxylic acids is 1. The van der Waals surface area contributed by atoms with Gasteiger partial charge < -0.3 is 14.9 Å². The number of alkyl halides is 3. The first kappa shape index (κ1) is 30.6. The van der Waals surface area contributed by atoms with Crippen molar-refractivity contribution >= 4 is 5.97 Å². The van der Waals surface area contributed by atoms with E-state index in [1.54, 1.807) is 24.5 Å². The van der Waals surface area contributed by atoms with Crippen LogP contribution in [0.15, 0.2) is 67.0 Å². The maximum Gasteiger partial charge on any atom is 0.421 e. The van der Waals surface area contributed by atoms with Crippen LogP contribution in [0.25, 0.3) is 11.1 Å². The van der Waals surface area contributed by atoms with E-state index in [1.807, 2.05) is 31.2 Å². The number of piperazine rings is 1. The summed E-state index contributed by atoms with van der Waals surface area (Å²) in [7, 11) is 0. The molecule has 1 unspecified atom stereocenters. The van der Waals surface area contributed by atoms with Crippen LogP contribution in [-0.4, -0.2) is 76.0 Å². The minimum Gasteiger partial charge on any atom is -0.463 e. The predicted molar refractivity (Wildman–Crippen MR) is 149 cm³/mol. The summed E-state index contributed by atoms with van der Waals surface area (Å²) in [6.45, 7) is 6.11. The SMILES string of the molecule is Cc1cc(CN2CCN(Cc3ccncc3)[C@H](CC(=O)OCCO)C2)ccc1-c1ccc(C(C)(O)C(F)(F)F)cc1. The molecule has 10 heteroatoms. The molecule has 0 aliphatic carbocycles. The second-order valence-electron chi connectivity index (χ2n) is 10.7. The molecule has 1 aliphatic heterocycles. The number of pyridine rings is 1. The Hall–Kier alpha value is -3.31. The van der Waals surface area contributed by atoms with Crippen LogP contribution in [0, 0.1) is 6.92 Å². The summed E-state index contributed by atoms with van der Waals surface area (Å²) in [5, 5.41) is 19.0. The summed E-state index contributed by atoms with van der Waals surface area (Å²) in [5.74, 6) is -0.339. The number of ether oxygens (including phenoxy) is 1. The van der Waals surface area contributed by atoms with Gasteiger partial charge in [-0.25, -0.2) is 0 Å². The highest BCUT2D eigenvalue weighted by atomic mass is 19.4. The van der Waals surface area contributed by atoms with Gasteiger partial charge in [0.15, 0.2) is 5.60 Å². The molecule has 0 radical (unpaired) electrons. The minimum atomic E-state index is -4.77. The van der Waals surface area contributed by atoms with E-state index in [4.69, 9.17) is 9.84 Å². The molecule has 3 aromatic rings. The Bertz CT molecular complexity index is 1300. The van der Waals surface area contributed by atoms with E-state index in [-0.39, 0.29) is 37.2 Å². The summed E-state index contributed by atoms with van der Waals surface area (Å²) in [5.41, 5.74) is 1.73. The molecule has 4 rings (SSSR count). The smallest absolute Gasteiger partial charge is 0.421 e. The van der Waals surface area contributed by atoms with Crippen LogP contribution >= 0.6 is 0 Å². The number of aliphatic hydroxyl groups excluding tert-OH is 1. The molecule has 2 atom stereocenters. The van der Waals surface area contributed by atoms with Gasteiger partial charge in [0, 0.05) is 51.2 Å². The topological polar surface area (TPSA) is 86.1 Å². The normalized spacial score (nSPS) is 18.2. The van der Waals surface area contributed by atoms with E-state index in [1.165, 1.54) is 12.1 Å². The Morgan fingerprint density at radius 2 is 1.73 bits per heavy atom. The number of hydrogen-bond acceptors (Lipinski definition) is 7. The maximum absolute atomic E-state index is 13.2. The quantitative estimate of drug-likeness (QED) is 0.348. The van der Waals surface area contributed by atoms with Crippen molar-refractivity contribution in [3.05, 3.63) is 89.2 Å². The molecule has 2 aromatic carbocycles. The van der Waals surface area contributed by atoms with Crippen molar-refractivity contribution in [3.63, 3.8) is 0 Å². The number of aromatic nitrogens is 1. The van der Waals surface area contributed by atoms with Gasteiger partial charge in [-0.2, -0.15) is 13.2 Å². The van der Waals surface area contributed by atoms with Crippen molar-refractivity contribution in [1.82, 2.24) is 14.8 Å². The number of esters is 1. The number of rotatable bonds is 10. The number of aliphatic hydroxyl groups is 2. The van der Waals surface area contributed by atoms with Crippen LogP contribution in [0.4, 0.5) is 13.2 Å². The lowest BCUT2D eigenvalue weighted by molar-refractivity contribution is -0.258. The van der Waals surface area contributed by atoms with E-state index in [9.17, 15) is 23.1 Å². The number of carbonyl (C=O) groups is 1. The fraction of sp³-hybridized carbons (Fsp3) is 0.419. The van der Waals surface area contributed by atoms with Crippen LogP contribution < -0.4 is 0 Å². The second kappa shape index (κ2) is 13.1. The molecule has 2 heterocycles. The number of nitrogens with zero attached hydrogens (tertiary/aromatic N) is 3.